The summed E-state index contributed by atoms with van der Waals surface area (Å²) in [5, 5.41) is 6.82. The minimum absolute atomic E-state index is 0.0212. The maximum atomic E-state index is 12.3. The molecule has 0 spiro atoms. The maximum Gasteiger partial charge on any atom is 0.316 e. The predicted octanol–water partition coefficient (Wildman–Crippen LogP) is 1.43. The summed E-state index contributed by atoms with van der Waals surface area (Å²) in [5.41, 5.74) is 0.796. The second-order valence-corrected chi connectivity index (χ2v) is 7.71. The topological polar surface area (TPSA) is 96.6 Å². The Hall–Kier alpha value is -2.52. The fourth-order valence-electron chi connectivity index (χ4n) is 3.63. The number of amides is 1. The molecule has 9 heteroatoms. The van der Waals surface area contributed by atoms with Crippen LogP contribution in [0.5, 0.6) is 0 Å². The predicted molar refractivity (Wildman–Crippen MR) is 108 cm³/mol. The van der Waals surface area contributed by atoms with Crippen LogP contribution in [-0.4, -0.2) is 78.4 Å². The van der Waals surface area contributed by atoms with Gasteiger partial charge in [0.1, 0.15) is 5.82 Å². The molecule has 2 fully saturated rings. The minimum atomic E-state index is -0.351. The molecule has 1 amide bonds. The summed E-state index contributed by atoms with van der Waals surface area (Å²) >= 11 is 0. The number of morpholine rings is 1. The second-order valence-electron chi connectivity index (χ2n) is 7.71. The van der Waals surface area contributed by atoms with Gasteiger partial charge in [0.05, 0.1) is 13.2 Å². The number of ether oxygens (including phenoxy) is 1. The van der Waals surface area contributed by atoms with Gasteiger partial charge in [-0.1, -0.05) is 12.1 Å². The summed E-state index contributed by atoms with van der Waals surface area (Å²) in [4.78, 5) is 25.6. The molecule has 0 saturated carbocycles. The number of aromatic nitrogens is 3. The lowest BCUT2D eigenvalue weighted by Crippen LogP contribution is -2.41. The molecule has 0 aliphatic carbocycles. The molecule has 1 N–H and O–H groups in total. The van der Waals surface area contributed by atoms with Crippen molar-refractivity contribution in [3.8, 4) is 11.4 Å². The maximum absolute atomic E-state index is 12.3. The molecule has 2 aromatic rings. The van der Waals surface area contributed by atoms with Gasteiger partial charge in [0.2, 0.25) is 5.82 Å². The van der Waals surface area contributed by atoms with Crippen molar-refractivity contribution in [1.82, 2.24) is 25.3 Å². The van der Waals surface area contributed by atoms with Crippen LogP contribution in [0.3, 0.4) is 0 Å². The lowest BCUT2D eigenvalue weighted by molar-refractivity contribution is 0.0382. The zero-order valence-electron chi connectivity index (χ0n) is 16.8. The van der Waals surface area contributed by atoms with Crippen molar-refractivity contribution in [2.75, 3.05) is 57.4 Å². The van der Waals surface area contributed by atoms with Gasteiger partial charge < -0.3 is 19.5 Å². The molecule has 4 rings (SSSR count). The SMILES string of the molecule is CC1CCN(c2cc(-c3noc(C(=O)NCCN4CCOCC4)n3)ccn2)CC1. The smallest absolute Gasteiger partial charge is 0.316 e. The number of hydrogen-bond acceptors (Lipinski definition) is 8. The molecule has 0 bridgehead atoms. The molecule has 0 atom stereocenters. The fourth-order valence-corrected chi connectivity index (χ4v) is 3.63. The standard InChI is InChI=1S/C20H28N6O3/c1-15-3-7-26(8-4-15)17-14-16(2-5-21-17)18-23-20(29-24-18)19(27)22-6-9-25-10-12-28-13-11-25/h2,5,14-15H,3-4,6-13H2,1H3,(H,22,27). The van der Waals surface area contributed by atoms with Crippen molar-refractivity contribution < 1.29 is 14.1 Å². The van der Waals surface area contributed by atoms with Gasteiger partial charge in [0.25, 0.3) is 0 Å². The first kappa shape index (κ1) is 19.8. The number of pyridine rings is 1. The lowest BCUT2D eigenvalue weighted by atomic mass is 9.99. The van der Waals surface area contributed by atoms with Gasteiger partial charge >= 0.3 is 11.8 Å². The van der Waals surface area contributed by atoms with Crippen molar-refractivity contribution in [3.05, 3.63) is 24.2 Å². The molecule has 2 aromatic heterocycles. The summed E-state index contributed by atoms with van der Waals surface area (Å²) in [5.74, 6) is 1.70. The molecule has 4 heterocycles. The molecule has 2 aliphatic rings. The number of carbonyl (C=O) groups is 1. The Morgan fingerprint density at radius 3 is 2.83 bits per heavy atom. The highest BCUT2D eigenvalue weighted by Gasteiger charge is 2.20. The van der Waals surface area contributed by atoms with Gasteiger partial charge in [0, 0.05) is 51.0 Å². The molecule has 2 saturated heterocycles. The molecule has 0 radical (unpaired) electrons. The average Bonchev–Trinajstić information content (AvgIpc) is 3.26. The van der Waals surface area contributed by atoms with Crippen LogP contribution in [0, 0.1) is 5.92 Å². The number of carbonyl (C=O) groups excluding carboxylic acids is 1. The van der Waals surface area contributed by atoms with Crippen molar-refractivity contribution in [1.29, 1.82) is 0 Å². The van der Waals surface area contributed by atoms with Crippen molar-refractivity contribution in [2.45, 2.75) is 19.8 Å². The van der Waals surface area contributed by atoms with E-state index in [4.69, 9.17) is 9.26 Å². The molecule has 2 aliphatic heterocycles. The third kappa shape index (κ3) is 5.10. The summed E-state index contributed by atoms with van der Waals surface area (Å²) < 4.78 is 10.5. The van der Waals surface area contributed by atoms with Gasteiger partial charge in [-0.05, 0) is 30.9 Å². The first-order valence-electron chi connectivity index (χ1n) is 10.3. The van der Waals surface area contributed by atoms with E-state index in [-0.39, 0.29) is 11.8 Å². The van der Waals surface area contributed by atoms with Crippen molar-refractivity contribution in [3.63, 3.8) is 0 Å². The van der Waals surface area contributed by atoms with E-state index in [9.17, 15) is 4.79 Å². The molecular formula is C20H28N6O3. The largest absolute Gasteiger partial charge is 0.379 e. The molecule has 0 unspecified atom stereocenters. The third-order valence-corrected chi connectivity index (χ3v) is 5.55. The van der Waals surface area contributed by atoms with E-state index >= 15 is 0 Å². The zero-order chi connectivity index (χ0) is 20.1. The normalized spacial score (nSPS) is 18.7. The Balaban J connectivity index is 1.34. The van der Waals surface area contributed by atoms with Gasteiger partial charge in [-0.15, -0.1) is 0 Å². The summed E-state index contributed by atoms with van der Waals surface area (Å²) in [7, 11) is 0. The average molecular weight is 400 g/mol. The molecule has 9 nitrogen and oxygen atoms in total. The Labute approximate surface area is 170 Å². The Morgan fingerprint density at radius 2 is 2.03 bits per heavy atom. The van der Waals surface area contributed by atoms with Crippen LogP contribution in [0.15, 0.2) is 22.9 Å². The zero-order valence-corrected chi connectivity index (χ0v) is 16.8. The first-order valence-corrected chi connectivity index (χ1v) is 10.3. The van der Waals surface area contributed by atoms with Gasteiger partial charge in [0.15, 0.2) is 0 Å². The van der Waals surface area contributed by atoms with Gasteiger partial charge in [-0.3, -0.25) is 9.69 Å². The number of nitrogens with zero attached hydrogens (tertiary/aromatic N) is 5. The number of piperidine rings is 1. The van der Waals surface area contributed by atoms with Crippen molar-refractivity contribution in [2.24, 2.45) is 5.92 Å². The summed E-state index contributed by atoms with van der Waals surface area (Å²) in [6.45, 7) is 8.86. The van der Waals surface area contributed by atoms with Crippen LogP contribution >= 0.6 is 0 Å². The Kier molecular flexibility index (Phi) is 6.36. The molecular weight excluding hydrogens is 372 g/mol. The van der Waals surface area contributed by atoms with Crippen LogP contribution in [0.4, 0.5) is 5.82 Å². The van der Waals surface area contributed by atoms with E-state index in [1.54, 1.807) is 6.20 Å². The highest BCUT2D eigenvalue weighted by atomic mass is 16.5. The molecule has 29 heavy (non-hydrogen) atoms. The monoisotopic (exact) mass is 400 g/mol. The Morgan fingerprint density at radius 1 is 1.24 bits per heavy atom. The third-order valence-electron chi connectivity index (χ3n) is 5.55. The van der Waals surface area contributed by atoms with E-state index < -0.39 is 0 Å². The van der Waals surface area contributed by atoms with Crippen LogP contribution in [0.1, 0.15) is 30.5 Å². The quantitative estimate of drug-likeness (QED) is 0.778. The second kappa shape index (κ2) is 9.32. The number of hydrogen-bond donors (Lipinski definition) is 1. The van der Waals surface area contributed by atoms with Crippen LogP contribution in [-0.2, 0) is 4.74 Å². The van der Waals surface area contributed by atoms with E-state index in [2.05, 4.69) is 37.2 Å². The first-order chi connectivity index (χ1) is 14.2. The van der Waals surface area contributed by atoms with E-state index in [1.807, 2.05) is 12.1 Å². The van der Waals surface area contributed by atoms with E-state index in [0.717, 1.165) is 63.2 Å². The van der Waals surface area contributed by atoms with E-state index in [1.165, 1.54) is 12.8 Å². The van der Waals surface area contributed by atoms with Crippen LogP contribution in [0.25, 0.3) is 11.4 Å². The Bertz CT molecular complexity index is 812. The van der Waals surface area contributed by atoms with Crippen LogP contribution < -0.4 is 10.2 Å². The highest BCUT2D eigenvalue weighted by molar-refractivity contribution is 5.89. The van der Waals surface area contributed by atoms with Crippen molar-refractivity contribution >= 4 is 11.7 Å². The summed E-state index contributed by atoms with van der Waals surface area (Å²) in [6.07, 6.45) is 4.09. The molecule has 0 aromatic carbocycles. The fraction of sp³-hybridized carbons (Fsp3) is 0.600. The lowest BCUT2D eigenvalue weighted by Gasteiger charge is -2.31. The minimum Gasteiger partial charge on any atom is -0.379 e. The van der Waals surface area contributed by atoms with Gasteiger partial charge in [-0.2, -0.15) is 4.98 Å². The molecule has 156 valence electrons. The number of anilines is 1. The number of rotatable bonds is 6. The number of nitrogens with one attached hydrogen (secondary N) is 1. The summed E-state index contributed by atoms with van der Waals surface area (Å²) in [6, 6.07) is 3.79. The van der Waals surface area contributed by atoms with Crippen LogP contribution in [0.2, 0.25) is 0 Å². The van der Waals surface area contributed by atoms with Gasteiger partial charge in [-0.25, -0.2) is 4.98 Å². The highest BCUT2D eigenvalue weighted by Crippen LogP contribution is 2.24. The van der Waals surface area contributed by atoms with E-state index in [0.29, 0.717) is 12.4 Å².